The molecule has 1 aliphatic heterocycles. The lowest BCUT2D eigenvalue weighted by Crippen LogP contribution is -2.57. The van der Waals surface area contributed by atoms with Crippen LogP contribution in [0.1, 0.15) is 58.8 Å². The number of hydrogen-bond donors (Lipinski definition) is 2. The van der Waals surface area contributed by atoms with Gasteiger partial charge in [-0.2, -0.15) is 0 Å². The minimum atomic E-state index is -0.552. The molecule has 2 atom stereocenters. The molecule has 3 N–H and O–H groups in total. The van der Waals surface area contributed by atoms with Gasteiger partial charge in [0.05, 0.1) is 5.60 Å². The summed E-state index contributed by atoms with van der Waals surface area (Å²) in [7, 11) is 0. The van der Waals surface area contributed by atoms with Crippen LogP contribution in [0.5, 0.6) is 0 Å². The average Bonchev–Trinajstić information content (AvgIpc) is 2.38. The van der Waals surface area contributed by atoms with Gasteiger partial charge in [0.15, 0.2) is 0 Å². The highest BCUT2D eigenvalue weighted by Gasteiger charge is 2.51. The lowest BCUT2D eigenvalue weighted by atomic mass is 9.59. The van der Waals surface area contributed by atoms with Gasteiger partial charge in [0.25, 0.3) is 0 Å². The van der Waals surface area contributed by atoms with E-state index in [1.54, 1.807) is 0 Å². The maximum atomic E-state index is 11.3. The van der Waals surface area contributed by atoms with E-state index in [2.05, 4.69) is 13.8 Å². The van der Waals surface area contributed by atoms with Gasteiger partial charge in [0.1, 0.15) is 0 Å². The molecule has 0 radical (unpaired) electrons. The quantitative estimate of drug-likeness (QED) is 0.825. The predicted molar refractivity (Wildman–Crippen MR) is 77.9 cm³/mol. The molecule has 1 aliphatic carbocycles. The highest BCUT2D eigenvalue weighted by molar-refractivity contribution is 5.03. The van der Waals surface area contributed by atoms with Crippen LogP contribution in [0.3, 0.4) is 0 Å². The second kappa shape index (κ2) is 6.11. The summed E-state index contributed by atoms with van der Waals surface area (Å²) >= 11 is 0. The fourth-order valence-electron chi connectivity index (χ4n) is 4.34. The van der Waals surface area contributed by atoms with Crippen molar-refractivity contribution in [3.63, 3.8) is 0 Å². The normalized spacial score (nSPS) is 35.5. The molecule has 2 fully saturated rings. The van der Waals surface area contributed by atoms with Crippen LogP contribution in [0, 0.1) is 17.3 Å². The summed E-state index contributed by atoms with van der Waals surface area (Å²) in [6.45, 7) is 6.67. The molecule has 1 heterocycles. The van der Waals surface area contributed by atoms with Crippen LogP contribution >= 0.6 is 0 Å². The fourth-order valence-corrected chi connectivity index (χ4v) is 4.34. The van der Waals surface area contributed by atoms with E-state index >= 15 is 0 Å². The van der Waals surface area contributed by atoms with Crippen LogP contribution in [0.2, 0.25) is 0 Å². The first kappa shape index (κ1) is 15.3. The Morgan fingerprint density at radius 1 is 1.26 bits per heavy atom. The third-order valence-electron chi connectivity index (χ3n) is 5.46. The Kier molecular flexibility index (Phi) is 4.91. The van der Waals surface area contributed by atoms with Crippen molar-refractivity contribution in [3.8, 4) is 0 Å². The molecule has 19 heavy (non-hydrogen) atoms. The summed E-state index contributed by atoms with van der Waals surface area (Å²) in [5, 5.41) is 11.3. The smallest absolute Gasteiger partial charge is 0.0720 e. The van der Waals surface area contributed by atoms with Crippen LogP contribution in [-0.4, -0.2) is 30.5 Å². The van der Waals surface area contributed by atoms with E-state index in [-0.39, 0.29) is 5.41 Å². The Morgan fingerprint density at radius 3 is 2.53 bits per heavy atom. The van der Waals surface area contributed by atoms with Gasteiger partial charge in [0, 0.05) is 25.2 Å². The Balaban J connectivity index is 2.10. The van der Waals surface area contributed by atoms with Crippen molar-refractivity contribution in [2.45, 2.75) is 64.4 Å². The fraction of sp³-hybridized carbons (Fsp3) is 1.00. The van der Waals surface area contributed by atoms with E-state index in [0.29, 0.717) is 12.5 Å². The predicted octanol–water partition coefficient (Wildman–Crippen LogP) is 2.71. The Hall–Kier alpha value is -0.120. The number of hydrogen-bond acceptors (Lipinski definition) is 3. The van der Waals surface area contributed by atoms with Gasteiger partial charge in [-0.25, -0.2) is 0 Å². The number of nitrogens with two attached hydrogens (primary N) is 1. The zero-order valence-corrected chi connectivity index (χ0v) is 12.7. The SMILES string of the molecule is CC(C)CC1CCCC(O)(C2(CN)CCOCC2)C1. The van der Waals surface area contributed by atoms with Crippen LogP contribution < -0.4 is 5.73 Å². The molecule has 0 spiro atoms. The zero-order chi connectivity index (χ0) is 13.9. The van der Waals surface area contributed by atoms with Gasteiger partial charge in [0.2, 0.25) is 0 Å². The van der Waals surface area contributed by atoms with Crippen molar-refractivity contribution < 1.29 is 9.84 Å². The van der Waals surface area contributed by atoms with E-state index in [4.69, 9.17) is 10.5 Å². The molecule has 2 aliphatic rings. The maximum absolute atomic E-state index is 11.3. The first-order valence-electron chi connectivity index (χ1n) is 8.01. The minimum absolute atomic E-state index is 0.0963. The van der Waals surface area contributed by atoms with Gasteiger partial charge in [-0.05, 0) is 43.9 Å². The van der Waals surface area contributed by atoms with Crippen LogP contribution in [0.4, 0.5) is 0 Å². The van der Waals surface area contributed by atoms with Crippen LogP contribution in [0.25, 0.3) is 0 Å². The summed E-state index contributed by atoms with van der Waals surface area (Å²) in [6, 6.07) is 0. The molecule has 3 heteroatoms. The Bertz CT molecular complexity index is 286. The third kappa shape index (κ3) is 3.14. The van der Waals surface area contributed by atoms with E-state index in [1.165, 1.54) is 12.8 Å². The van der Waals surface area contributed by atoms with Crippen LogP contribution in [0.15, 0.2) is 0 Å². The highest BCUT2D eigenvalue weighted by atomic mass is 16.5. The maximum Gasteiger partial charge on any atom is 0.0720 e. The van der Waals surface area contributed by atoms with Crippen molar-refractivity contribution in [3.05, 3.63) is 0 Å². The second-order valence-corrected chi connectivity index (χ2v) is 7.22. The average molecular weight is 269 g/mol. The largest absolute Gasteiger partial charge is 0.389 e. The number of rotatable bonds is 4. The third-order valence-corrected chi connectivity index (χ3v) is 5.46. The molecule has 2 rings (SSSR count). The van der Waals surface area contributed by atoms with Gasteiger partial charge in [-0.3, -0.25) is 0 Å². The molecule has 2 unspecified atom stereocenters. The first-order valence-corrected chi connectivity index (χ1v) is 8.01. The number of ether oxygens (including phenoxy) is 1. The molecular formula is C16H31NO2. The first-order chi connectivity index (χ1) is 9.01. The summed E-state index contributed by atoms with van der Waals surface area (Å²) in [5.74, 6) is 1.39. The van der Waals surface area contributed by atoms with E-state index in [9.17, 15) is 5.11 Å². The van der Waals surface area contributed by atoms with Crippen molar-refractivity contribution >= 4 is 0 Å². The van der Waals surface area contributed by atoms with Gasteiger partial charge in [-0.15, -0.1) is 0 Å². The van der Waals surface area contributed by atoms with Gasteiger partial charge >= 0.3 is 0 Å². The molecule has 1 saturated carbocycles. The van der Waals surface area contributed by atoms with Gasteiger partial charge < -0.3 is 15.6 Å². The second-order valence-electron chi connectivity index (χ2n) is 7.22. The van der Waals surface area contributed by atoms with Crippen molar-refractivity contribution in [2.75, 3.05) is 19.8 Å². The van der Waals surface area contributed by atoms with Gasteiger partial charge in [-0.1, -0.05) is 26.7 Å². The molecule has 3 nitrogen and oxygen atoms in total. The summed E-state index contributed by atoms with van der Waals surface area (Å²) in [4.78, 5) is 0. The van der Waals surface area contributed by atoms with Crippen molar-refractivity contribution in [1.82, 2.24) is 0 Å². The zero-order valence-electron chi connectivity index (χ0n) is 12.7. The Morgan fingerprint density at radius 2 is 1.95 bits per heavy atom. The monoisotopic (exact) mass is 269 g/mol. The lowest BCUT2D eigenvalue weighted by Gasteiger charge is -2.52. The summed E-state index contributed by atoms with van der Waals surface area (Å²) < 4.78 is 5.49. The number of aliphatic hydroxyl groups is 1. The Labute approximate surface area is 117 Å². The molecule has 0 aromatic rings. The molecule has 112 valence electrons. The van der Waals surface area contributed by atoms with E-state index in [0.717, 1.165) is 51.2 Å². The summed E-state index contributed by atoms with van der Waals surface area (Å²) in [5.41, 5.74) is 5.44. The molecular weight excluding hydrogens is 238 g/mol. The topological polar surface area (TPSA) is 55.5 Å². The van der Waals surface area contributed by atoms with Crippen LogP contribution in [-0.2, 0) is 4.74 Å². The minimum Gasteiger partial charge on any atom is -0.389 e. The molecule has 0 aromatic carbocycles. The van der Waals surface area contributed by atoms with E-state index < -0.39 is 5.60 Å². The summed E-state index contributed by atoms with van der Waals surface area (Å²) in [6.07, 6.45) is 7.39. The lowest BCUT2D eigenvalue weighted by molar-refractivity contribution is -0.155. The standard InChI is InChI=1S/C16H31NO2/c1-13(2)10-14-4-3-5-16(18,11-14)15(12-17)6-8-19-9-7-15/h13-14,18H,3-12,17H2,1-2H3. The molecule has 0 aromatic heterocycles. The van der Waals surface area contributed by atoms with E-state index in [1.807, 2.05) is 0 Å². The van der Waals surface area contributed by atoms with Crippen molar-refractivity contribution in [1.29, 1.82) is 0 Å². The van der Waals surface area contributed by atoms with Crippen molar-refractivity contribution in [2.24, 2.45) is 23.0 Å². The molecule has 0 amide bonds. The molecule has 1 saturated heterocycles. The highest BCUT2D eigenvalue weighted by Crippen LogP contribution is 2.50. The molecule has 0 bridgehead atoms.